The van der Waals surface area contributed by atoms with E-state index in [9.17, 15) is 0 Å². The topological polar surface area (TPSA) is 49.4 Å². The first-order valence-electron chi connectivity index (χ1n) is 6.58. The van der Waals surface area contributed by atoms with E-state index in [-0.39, 0.29) is 0 Å². The molecular weight excluding hydrogens is 252 g/mol. The van der Waals surface area contributed by atoms with Gasteiger partial charge in [0.2, 0.25) is 0 Å². The van der Waals surface area contributed by atoms with E-state index in [0.717, 1.165) is 36.7 Å². The molecule has 0 unspecified atom stereocenters. The molecule has 4 nitrogen and oxygen atoms in total. The lowest BCUT2D eigenvalue weighted by atomic mass is 10.1. The van der Waals surface area contributed by atoms with Gasteiger partial charge in [0.25, 0.3) is 0 Å². The molecule has 20 heavy (non-hydrogen) atoms. The molecule has 0 saturated carbocycles. The van der Waals surface area contributed by atoms with Crippen LogP contribution in [0, 0.1) is 11.3 Å². The van der Waals surface area contributed by atoms with E-state index in [1.54, 1.807) is 19.4 Å². The van der Waals surface area contributed by atoms with Crippen LogP contribution in [0.5, 0.6) is 5.75 Å². The van der Waals surface area contributed by atoms with Crippen LogP contribution >= 0.6 is 0 Å². The quantitative estimate of drug-likeness (QED) is 0.809. The van der Waals surface area contributed by atoms with Crippen molar-refractivity contribution in [3.8, 4) is 11.8 Å². The van der Waals surface area contributed by atoms with Crippen LogP contribution in [0.3, 0.4) is 0 Å². The largest absolute Gasteiger partial charge is 0.496 e. The predicted molar refractivity (Wildman–Crippen MR) is 76.2 cm³/mol. The van der Waals surface area contributed by atoms with Crippen LogP contribution in [-0.2, 0) is 13.1 Å². The summed E-state index contributed by atoms with van der Waals surface area (Å²) in [5, 5.41) is 9.00. The summed E-state index contributed by atoms with van der Waals surface area (Å²) >= 11 is 0. The maximum atomic E-state index is 9.00. The lowest BCUT2D eigenvalue weighted by Crippen LogP contribution is -2.22. The van der Waals surface area contributed by atoms with Crippen molar-refractivity contribution in [2.75, 3.05) is 13.7 Å². The van der Waals surface area contributed by atoms with Crippen molar-refractivity contribution in [2.45, 2.75) is 20.0 Å². The fraction of sp³-hybridized carbons (Fsp3) is 0.312. The normalized spacial score (nSPS) is 10.5. The molecule has 0 fully saturated rings. The molecule has 4 heteroatoms. The monoisotopic (exact) mass is 270 g/mol. The first-order valence-corrected chi connectivity index (χ1v) is 6.58. The molecule has 0 saturated heterocycles. The Labute approximate surface area is 119 Å². The highest BCUT2D eigenvalue weighted by Gasteiger charge is 2.11. The van der Waals surface area contributed by atoms with Gasteiger partial charge in [-0.3, -0.25) is 4.90 Å². The van der Waals surface area contributed by atoms with Gasteiger partial charge in [-0.2, -0.15) is 5.26 Å². The molecule has 0 aliphatic heterocycles. The standard InChI is InChI=1S/C16H18N2O2/c1-3-18(12-15-5-4-8-20-15)11-14-9-13(10-17)6-7-16(14)19-2/h4-9H,3,11-12H2,1-2H3. The minimum Gasteiger partial charge on any atom is -0.496 e. The molecular formula is C16H18N2O2. The van der Waals surface area contributed by atoms with Crippen LogP contribution in [0.2, 0.25) is 0 Å². The number of nitrogens with zero attached hydrogens (tertiary/aromatic N) is 2. The van der Waals surface area contributed by atoms with E-state index in [4.69, 9.17) is 14.4 Å². The Morgan fingerprint density at radius 1 is 1.30 bits per heavy atom. The number of methoxy groups -OCH3 is 1. The molecule has 104 valence electrons. The molecule has 0 amide bonds. The molecule has 0 aliphatic carbocycles. The van der Waals surface area contributed by atoms with Gasteiger partial charge in [0.1, 0.15) is 11.5 Å². The Kier molecular flexibility index (Phi) is 4.80. The Hall–Kier alpha value is -2.25. The average molecular weight is 270 g/mol. The maximum Gasteiger partial charge on any atom is 0.123 e. The lowest BCUT2D eigenvalue weighted by molar-refractivity contribution is 0.244. The zero-order valence-corrected chi connectivity index (χ0v) is 11.8. The number of benzene rings is 1. The molecule has 0 radical (unpaired) electrons. The summed E-state index contributed by atoms with van der Waals surface area (Å²) in [6, 6.07) is 11.5. The van der Waals surface area contributed by atoms with Crippen LogP contribution in [0.4, 0.5) is 0 Å². The van der Waals surface area contributed by atoms with Crippen molar-refractivity contribution in [2.24, 2.45) is 0 Å². The number of nitriles is 1. The summed E-state index contributed by atoms with van der Waals surface area (Å²) in [6.45, 7) is 4.45. The zero-order chi connectivity index (χ0) is 14.4. The highest BCUT2D eigenvalue weighted by atomic mass is 16.5. The van der Waals surface area contributed by atoms with Gasteiger partial charge in [-0.25, -0.2) is 0 Å². The summed E-state index contributed by atoms with van der Waals surface area (Å²) < 4.78 is 10.7. The van der Waals surface area contributed by atoms with Gasteiger partial charge in [0.05, 0.1) is 31.6 Å². The zero-order valence-electron chi connectivity index (χ0n) is 11.8. The van der Waals surface area contributed by atoms with Gasteiger partial charge in [-0.1, -0.05) is 6.92 Å². The average Bonchev–Trinajstić information content (AvgIpc) is 2.99. The minimum atomic E-state index is 0.648. The second kappa shape index (κ2) is 6.78. The second-order valence-corrected chi connectivity index (χ2v) is 4.52. The van der Waals surface area contributed by atoms with E-state index < -0.39 is 0 Å². The number of rotatable bonds is 6. The van der Waals surface area contributed by atoms with Crippen molar-refractivity contribution in [1.82, 2.24) is 4.90 Å². The van der Waals surface area contributed by atoms with Crippen LogP contribution < -0.4 is 4.74 Å². The van der Waals surface area contributed by atoms with E-state index in [1.807, 2.05) is 24.3 Å². The summed E-state index contributed by atoms with van der Waals surface area (Å²) in [4.78, 5) is 2.23. The van der Waals surface area contributed by atoms with Crippen LogP contribution in [0.25, 0.3) is 0 Å². The molecule has 2 aromatic rings. The highest BCUT2D eigenvalue weighted by Crippen LogP contribution is 2.22. The van der Waals surface area contributed by atoms with Crippen molar-refractivity contribution in [1.29, 1.82) is 5.26 Å². The van der Waals surface area contributed by atoms with Crippen molar-refractivity contribution >= 4 is 0 Å². The van der Waals surface area contributed by atoms with Crippen molar-refractivity contribution in [3.05, 3.63) is 53.5 Å². The van der Waals surface area contributed by atoms with Gasteiger partial charge in [-0.05, 0) is 36.9 Å². The van der Waals surface area contributed by atoms with Gasteiger partial charge in [0.15, 0.2) is 0 Å². The Morgan fingerprint density at radius 2 is 2.15 bits per heavy atom. The van der Waals surface area contributed by atoms with Gasteiger partial charge in [-0.15, -0.1) is 0 Å². The molecule has 1 aromatic heterocycles. The molecule has 0 N–H and O–H groups in total. The van der Waals surface area contributed by atoms with E-state index in [1.165, 1.54) is 0 Å². The van der Waals surface area contributed by atoms with Gasteiger partial charge >= 0.3 is 0 Å². The Bertz CT molecular complexity index is 585. The number of hydrogen-bond donors (Lipinski definition) is 0. The van der Waals surface area contributed by atoms with Crippen molar-refractivity contribution < 1.29 is 9.15 Å². The van der Waals surface area contributed by atoms with Crippen LogP contribution in [0.1, 0.15) is 23.8 Å². The molecule has 0 spiro atoms. The number of hydrogen-bond acceptors (Lipinski definition) is 4. The third-order valence-electron chi connectivity index (χ3n) is 3.21. The van der Waals surface area contributed by atoms with Crippen molar-refractivity contribution in [3.63, 3.8) is 0 Å². The molecule has 0 bridgehead atoms. The van der Waals surface area contributed by atoms with E-state index >= 15 is 0 Å². The smallest absolute Gasteiger partial charge is 0.123 e. The first-order chi connectivity index (χ1) is 9.76. The van der Waals surface area contributed by atoms with Crippen LogP contribution in [0.15, 0.2) is 41.0 Å². The third-order valence-corrected chi connectivity index (χ3v) is 3.21. The molecule has 1 aromatic carbocycles. The lowest BCUT2D eigenvalue weighted by Gasteiger charge is -2.20. The summed E-state index contributed by atoms with van der Waals surface area (Å²) in [7, 11) is 1.65. The molecule has 1 heterocycles. The molecule has 0 aliphatic rings. The summed E-state index contributed by atoms with van der Waals surface area (Å²) in [6.07, 6.45) is 1.68. The fourth-order valence-electron chi connectivity index (χ4n) is 2.12. The predicted octanol–water partition coefficient (Wildman–Crippen LogP) is 3.18. The molecule has 0 atom stereocenters. The fourth-order valence-corrected chi connectivity index (χ4v) is 2.12. The Morgan fingerprint density at radius 3 is 2.75 bits per heavy atom. The summed E-state index contributed by atoms with van der Waals surface area (Å²) in [5.74, 6) is 1.74. The van der Waals surface area contributed by atoms with E-state index in [0.29, 0.717) is 5.56 Å². The Balaban J connectivity index is 2.16. The SMILES string of the molecule is CCN(Cc1ccco1)Cc1cc(C#N)ccc1OC. The number of ether oxygens (including phenoxy) is 1. The van der Waals surface area contributed by atoms with E-state index in [2.05, 4.69) is 17.9 Å². The molecule has 2 rings (SSSR count). The first kappa shape index (κ1) is 14.2. The highest BCUT2D eigenvalue weighted by molar-refractivity contribution is 5.42. The third kappa shape index (κ3) is 3.40. The summed E-state index contributed by atoms with van der Waals surface area (Å²) in [5.41, 5.74) is 1.66. The van der Waals surface area contributed by atoms with Gasteiger partial charge in [0, 0.05) is 12.1 Å². The van der Waals surface area contributed by atoms with Crippen LogP contribution in [-0.4, -0.2) is 18.6 Å². The minimum absolute atomic E-state index is 0.648. The number of furan rings is 1. The van der Waals surface area contributed by atoms with Gasteiger partial charge < -0.3 is 9.15 Å². The maximum absolute atomic E-state index is 9.00. The second-order valence-electron chi connectivity index (χ2n) is 4.52.